The second-order valence-corrected chi connectivity index (χ2v) is 9.46. The normalized spacial score (nSPS) is 14.8. The molecule has 1 aliphatic rings. The molecular formula is C23H23FN4O3S. The zero-order chi connectivity index (χ0) is 22.6. The number of rotatable bonds is 7. The number of sulfonamides is 1. The van der Waals surface area contributed by atoms with Gasteiger partial charge in [-0.05, 0) is 53.9 Å². The number of hydrogen-bond donors (Lipinski definition) is 2. The van der Waals surface area contributed by atoms with Crippen LogP contribution in [0.25, 0.3) is 0 Å². The zero-order valence-electron chi connectivity index (χ0n) is 17.3. The number of nitrogens with zero attached hydrogens (tertiary/aromatic N) is 2. The van der Waals surface area contributed by atoms with Crippen molar-refractivity contribution in [3.8, 4) is 0 Å². The Morgan fingerprint density at radius 3 is 2.69 bits per heavy atom. The van der Waals surface area contributed by atoms with Gasteiger partial charge < -0.3 is 10.6 Å². The van der Waals surface area contributed by atoms with E-state index >= 15 is 0 Å². The number of nitrogens with one attached hydrogen (secondary N) is 2. The number of carbonyl (C=O) groups excluding carboxylic acids is 1. The molecule has 0 spiro atoms. The Bertz CT molecular complexity index is 1230. The number of carbonyl (C=O) groups is 1. The van der Waals surface area contributed by atoms with Gasteiger partial charge in [0.15, 0.2) is 0 Å². The van der Waals surface area contributed by atoms with Crippen LogP contribution in [0.5, 0.6) is 0 Å². The summed E-state index contributed by atoms with van der Waals surface area (Å²) in [5, 5.41) is 6.04. The van der Waals surface area contributed by atoms with Gasteiger partial charge in [0, 0.05) is 30.7 Å². The second kappa shape index (κ2) is 9.35. The van der Waals surface area contributed by atoms with Gasteiger partial charge in [0.25, 0.3) is 5.91 Å². The number of pyridine rings is 1. The summed E-state index contributed by atoms with van der Waals surface area (Å²) in [5.41, 5.74) is 2.91. The van der Waals surface area contributed by atoms with E-state index in [1.165, 1.54) is 4.31 Å². The van der Waals surface area contributed by atoms with Crippen LogP contribution >= 0.6 is 0 Å². The highest BCUT2D eigenvalue weighted by molar-refractivity contribution is 7.93. The van der Waals surface area contributed by atoms with E-state index < -0.39 is 16.7 Å². The third-order valence-corrected chi connectivity index (χ3v) is 7.00. The van der Waals surface area contributed by atoms with E-state index in [2.05, 4.69) is 15.6 Å². The molecule has 2 aromatic carbocycles. The van der Waals surface area contributed by atoms with E-state index in [1.54, 1.807) is 60.8 Å². The number of halogens is 1. The Balaban J connectivity index is 1.48. The highest BCUT2D eigenvalue weighted by Gasteiger charge is 2.29. The molecule has 9 heteroatoms. The third-order valence-electron chi connectivity index (χ3n) is 5.16. The van der Waals surface area contributed by atoms with Crippen molar-refractivity contribution in [2.24, 2.45) is 0 Å². The van der Waals surface area contributed by atoms with Gasteiger partial charge in [0.1, 0.15) is 12.5 Å². The minimum Gasteiger partial charge on any atom is -0.380 e. The number of para-hydroxylation sites is 1. The van der Waals surface area contributed by atoms with Crippen LogP contribution in [0.2, 0.25) is 0 Å². The Hall–Kier alpha value is -3.46. The van der Waals surface area contributed by atoms with Crippen LogP contribution in [0.4, 0.5) is 21.6 Å². The van der Waals surface area contributed by atoms with Gasteiger partial charge in [-0.1, -0.05) is 24.3 Å². The summed E-state index contributed by atoms with van der Waals surface area (Å²) in [7, 11) is -3.30. The van der Waals surface area contributed by atoms with Gasteiger partial charge in [0.05, 0.1) is 11.3 Å². The Morgan fingerprint density at radius 2 is 1.91 bits per heavy atom. The lowest BCUT2D eigenvalue weighted by Gasteiger charge is -2.17. The van der Waals surface area contributed by atoms with Crippen molar-refractivity contribution in [1.82, 2.24) is 4.98 Å². The minimum absolute atomic E-state index is 0.133. The van der Waals surface area contributed by atoms with Gasteiger partial charge in [-0.2, -0.15) is 0 Å². The van der Waals surface area contributed by atoms with Crippen molar-refractivity contribution < 1.29 is 17.6 Å². The second-order valence-electron chi connectivity index (χ2n) is 7.45. The fraction of sp³-hybridized carbons (Fsp3) is 0.217. The highest BCUT2D eigenvalue weighted by atomic mass is 32.2. The van der Waals surface area contributed by atoms with E-state index in [1.807, 2.05) is 6.07 Å². The topological polar surface area (TPSA) is 91.4 Å². The molecule has 1 fully saturated rings. The van der Waals surface area contributed by atoms with Crippen LogP contribution in [0.1, 0.15) is 27.9 Å². The zero-order valence-corrected chi connectivity index (χ0v) is 18.1. The standard InChI is InChI=1S/C23H23FN4O3S/c24-15-17-5-3-6-19(13-17)27-23(29)20-7-1-2-8-21(20)26-16-18-9-10-25-22(14-18)28-11-4-12-32(28,30)31/h1-3,5-10,13-14,26H,4,11-12,15-16H2,(H,27,29). The molecule has 4 rings (SSSR count). The summed E-state index contributed by atoms with van der Waals surface area (Å²) in [6, 6.07) is 17.3. The number of hydrogen-bond acceptors (Lipinski definition) is 5. The maximum Gasteiger partial charge on any atom is 0.257 e. The SMILES string of the molecule is O=C(Nc1cccc(CF)c1)c1ccccc1NCc1ccnc(N2CCCS2(=O)=O)c1. The van der Waals surface area contributed by atoms with Crippen LogP contribution in [0.3, 0.4) is 0 Å². The van der Waals surface area contributed by atoms with Crippen molar-refractivity contribution in [2.45, 2.75) is 19.6 Å². The summed E-state index contributed by atoms with van der Waals surface area (Å²) in [5.74, 6) is 0.219. The molecule has 3 aromatic rings. The Morgan fingerprint density at radius 1 is 1.06 bits per heavy atom. The van der Waals surface area contributed by atoms with Gasteiger partial charge in [-0.25, -0.2) is 17.8 Å². The molecule has 1 aliphatic heterocycles. The Kier molecular flexibility index (Phi) is 6.36. The predicted molar refractivity (Wildman–Crippen MR) is 123 cm³/mol. The molecular weight excluding hydrogens is 431 g/mol. The third kappa shape index (κ3) is 4.88. The minimum atomic E-state index is -3.30. The molecule has 0 unspecified atom stereocenters. The van der Waals surface area contributed by atoms with Crippen LogP contribution < -0.4 is 14.9 Å². The molecule has 1 saturated heterocycles. The van der Waals surface area contributed by atoms with Gasteiger partial charge >= 0.3 is 0 Å². The molecule has 0 aliphatic carbocycles. The maximum absolute atomic E-state index is 12.9. The molecule has 0 radical (unpaired) electrons. The smallest absolute Gasteiger partial charge is 0.257 e. The van der Waals surface area contributed by atoms with Crippen molar-refractivity contribution in [3.63, 3.8) is 0 Å². The van der Waals surface area contributed by atoms with Crippen molar-refractivity contribution in [3.05, 3.63) is 83.6 Å². The first kappa shape index (κ1) is 21.8. The van der Waals surface area contributed by atoms with Gasteiger partial charge in [-0.15, -0.1) is 0 Å². The van der Waals surface area contributed by atoms with Gasteiger partial charge in [0.2, 0.25) is 10.0 Å². The van der Waals surface area contributed by atoms with Crippen molar-refractivity contribution >= 4 is 33.1 Å². The lowest BCUT2D eigenvalue weighted by molar-refractivity contribution is 0.102. The molecule has 7 nitrogen and oxygen atoms in total. The number of anilines is 3. The van der Waals surface area contributed by atoms with E-state index in [-0.39, 0.29) is 11.7 Å². The summed E-state index contributed by atoms with van der Waals surface area (Å²) >= 11 is 0. The first-order valence-corrected chi connectivity index (χ1v) is 11.8. The number of amides is 1. The average Bonchev–Trinajstić information content (AvgIpc) is 3.17. The molecule has 2 heterocycles. The maximum atomic E-state index is 12.9. The fourth-order valence-electron chi connectivity index (χ4n) is 3.57. The lowest BCUT2D eigenvalue weighted by Crippen LogP contribution is -2.26. The lowest BCUT2D eigenvalue weighted by atomic mass is 10.1. The number of benzene rings is 2. The molecule has 166 valence electrons. The van der Waals surface area contributed by atoms with Crippen LogP contribution in [-0.2, 0) is 23.2 Å². The molecule has 2 N–H and O–H groups in total. The largest absolute Gasteiger partial charge is 0.380 e. The predicted octanol–water partition coefficient (Wildman–Crippen LogP) is 3.96. The molecule has 0 saturated carbocycles. The monoisotopic (exact) mass is 454 g/mol. The highest BCUT2D eigenvalue weighted by Crippen LogP contribution is 2.24. The summed E-state index contributed by atoms with van der Waals surface area (Å²) in [6.45, 7) is 0.207. The van der Waals surface area contributed by atoms with E-state index in [4.69, 9.17) is 0 Å². The first-order chi connectivity index (χ1) is 15.5. The van der Waals surface area contributed by atoms with Gasteiger partial charge in [-0.3, -0.25) is 9.10 Å². The van der Waals surface area contributed by atoms with Crippen LogP contribution in [0, 0.1) is 0 Å². The van der Waals surface area contributed by atoms with Crippen molar-refractivity contribution in [2.75, 3.05) is 27.2 Å². The van der Waals surface area contributed by atoms with E-state index in [0.29, 0.717) is 47.8 Å². The molecule has 1 aromatic heterocycles. The number of aromatic nitrogens is 1. The summed E-state index contributed by atoms with van der Waals surface area (Å²) < 4.78 is 38.6. The summed E-state index contributed by atoms with van der Waals surface area (Å²) in [6.07, 6.45) is 2.17. The first-order valence-electron chi connectivity index (χ1n) is 10.2. The molecule has 0 bridgehead atoms. The number of alkyl halides is 1. The van der Waals surface area contributed by atoms with Crippen LogP contribution in [0.15, 0.2) is 66.9 Å². The van der Waals surface area contributed by atoms with Crippen LogP contribution in [-0.4, -0.2) is 31.6 Å². The van der Waals surface area contributed by atoms with E-state index in [9.17, 15) is 17.6 Å². The molecule has 32 heavy (non-hydrogen) atoms. The molecule has 1 amide bonds. The molecule has 0 atom stereocenters. The Labute approximate surface area is 186 Å². The fourth-order valence-corrected chi connectivity index (χ4v) is 5.07. The quantitative estimate of drug-likeness (QED) is 0.564. The summed E-state index contributed by atoms with van der Waals surface area (Å²) in [4.78, 5) is 17.0. The van der Waals surface area contributed by atoms with E-state index in [0.717, 1.165) is 5.56 Å². The van der Waals surface area contributed by atoms with Crippen molar-refractivity contribution in [1.29, 1.82) is 0 Å². The average molecular weight is 455 g/mol.